The Morgan fingerprint density at radius 3 is 2.45 bits per heavy atom. The smallest absolute Gasteiger partial charge is 0.361 e. The summed E-state index contributed by atoms with van der Waals surface area (Å²) in [4.78, 5) is 8.85. The lowest BCUT2D eigenvalue weighted by molar-refractivity contribution is -0.137. The molecule has 204 valence electrons. The van der Waals surface area contributed by atoms with Gasteiger partial charge in [-0.1, -0.05) is 42.5 Å². The molecule has 2 heterocycles. The summed E-state index contributed by atoms with van der Waals surface area (Å²) in [5.41, 5.74) is 5.68. The van der Waals surface area contributed by atoms with E-state index in [1.54, 1.807) is 18.6 Å². The molecule has 0 saturated carbocycles. The molecule has 5 nitrogen and oxygen atoms in total. The van der Waals surface area contributed by atoms with Crippen molar-refractivity contribution in [1.82, 2.24) is 14.5 Å². The molecule has 40 heavy (non-hydrogen) atoms. The molecule has 1 atom stereocenters. The second-order valence-corrected chi connectivity index (χ2v) is 9.93. The Labute approximate surface area is 240 Å². The summed E-state index contributed by atoms with van der Waals surface area (Å²) in [6, 6.07) is 20.8. The molecule has 10 heteroatoms. The summed E-state index contributed by atoms with van der Waals surface area (Å²) < 4.78 is 47.0. The van der Waals surface area contributed by atoms with E-state index in [1.807, 2.05) is 60.3 Å². The van der Waals surface area contributed by atoms with Gasteiger partial charge in [-0.05, 0) is 47.9 Å². The number of imidazole rings is 1. The Bertz CT molecular complexity index is 1650. The lowest BCUT2D eigenvalue weighted by atomic mass is 9.93. The van der Waals surface area contributed by atoms with Gasteiger partial charge in [0.2, 0.25) is 0 Å². The first-order valence-electron chi connectivity index (χ1n) is 12.0. The van der Waals surface area contributed by atoms with Gasteiger partial charge < -0.3 is 9.30 Å². The standard InChI is InChI=1S/C30H23F3N4OS.ClH/c1-19-5-3-4-6-25(19)26-13-21(7-8-22(26)14-34)28(27-15-35-18-37(27)2)38-16-24-17-39-29(36-24)20-9-11-23(12-10-20)30(31,32)33;/h3-13,15,17-18,28H,16H2,1-2H3;1H. The van der Waals surface area contributed by atoms with Crippen LogP contribution < -0.4 is 0 Å². The molecular weight excluding hydrogens is 557 g/mol. The number of ether oxygens (including phenoxy) is 1. The maximum absolute atomic E-state index is 12.9. The molecule has 0 radical (unpaired) electrons. The fourth-order valence-electron chi connectivity index (χ4n) is 4.37. The zero-order valence-corrected chi connectivity index (χ0v) is 23.1. The third kappa shape index (κ3) is 6.10. The first-order chi connectivity index (χ1) is 18.7. The number of halogens is 4. The van der Waals surface area contributed by atoms with E-state index in [0.717, 1.165) is 40.1 Å². The van der Waals surface area contributed by atoms with E-state index in [-0.39, 0.29) is 19.0 Å². The number of thiazole rings is 1. The Hall–Kier alpha value is -3.97. The molecule has 0 aliphatic rings. The Morgan fingerprint density at radius 1 is 1.05 bits per heavy atom. The monoisotopic (exact) mass is 580 g/mol. The average molecular weight is 581 g/mol. The summed E-state index contributed by atoms with van der Waals surface area (Å²) in [7, 11) is 1.89. The fraction of sp³-hybridized carbons (Fsp3) is 0.167. The van der Waals surface area contributed by atoms with Crippen LogP contribution in [-0.2, 0) is 24.6 Å². The van der Waals surface area contributed by atoms with Crippen LogP contribution in [0.15, 0.2) is 84.6 Å². The van der Waals surface area contributed by atoms with Gasteiger partial charge in [-0.3, -0.25) is 0 Å². The highest BCUT2D eigenvalue weighted by Gasteiger charge is 2.30. The number of rotatable bonds is 7. The highest BCUT2D eigenvalue weighted by molar-refractivity contribution is 7.13. The topological polar surface area (TPSA) is 63.7 Å². The highest BCUT2D eigenvalue weighted by Crippen LogP contribution is 2.35. The Kier molecular flexibility index (Phi) is 8.74. The molecule has 5 rings (SSSR count). The van der Waals surface area contributed by atoms with Crippen LogP contribution >= 0.6 is 23.7 Å². The number of benzene rings is 3. The number of aromatic nitrogens is 3. The molecule has 0 N–H and O–H groups in total. The molecule has 3 aromatic carbocycles. The van der Waals surface area contributed by atoms with Crippen molar-refractivity contribution in [2.75, 3.05) is 0 Å². The quantitative estimate of drug-likeness (QED) is 0.195. The fourth-order valence-corrected chi connectivity index (χ4v) is 5.18. The number of nitriles is 1. The summed E-state index contributed by atoms with van der Waals surface area (Å²) in [6.07, 6.45) is -1.44. The number of alkyl halides is 3. The zero-order valence-electron chi connectivity index (χ0n) is 21.5. The number of hydrogen-bond acceptors (Lipinski definition) is 5. The normalized spacial score (nSPS) is 12.0. The maximum atomic E-state index is 12.9. The van der Waals surface area contributed by atoms with Gasteiger partial charge in [0.25, 0.3) is 0 Å². The van der Waals surface area contributed by atoms with E-state index in [4.69, 9.17) is 4.74 Å². The van der Waals surface area contributed by atoms with Crippen molar-refractivity contribution in [3.63, 3.8) is 0 Å². The molecule has 1 unspecified atom stereocenters. The highest BCUT2D eigenvalue weighted by atomic mass is 35.5. The van der Waals surface area contributed by atoms with Crippen LogP contribution in [0.2, 0.25) is 0 Å². The van der Waals surface area contributed by atoms with E-state index in [0.29, 0.717) is 21.8 Å². The van der Waals surface area contributed by atoms with E-state index in [2.05, 4.69) is 16.0 Å². The molecule has 2 aromatic heterocycles. The summed E-state index contributed by atoms with van der Waals surface area (Å²) in [5.74, 6) is 0. The lowest BCUT2D eigenvalue weighted by Gasteiger charge is -2.20. The third-order valence-corrected chi connectivity index (χ3v) is 7.37. The molecule has 0 aliphatic carbocycles. The summed E-state index contributed by atoms with van der Waals surface area (Å²) in [5, 5.41) is 12.2. The molecule has 0 amide bonds. The molecular formula is C30H24ClF3N4OS. The van der Waals surface area contributed by atoms with Gasteiger partial charge in [0.05, 0.1) is 47.7 Å². The van der Waals surface area contributed by atoms with Crippen LogP contribution in [0.4, 0.5) is 13.2 Å². The minimum Gasteiger partial charge on any atom is -0.361 e. The zero-order chi connectivity index (χ0) is 27.6. The predicted octanol–water partition coefficient (Wildman–Crippen LogP) is 8.14. The van der Waals surface area contributed by atoms with E-state index in [9.17, 15) is 18.4 Å². The van der Waals surface area contributed by atoms with Gasteiger partial charge in [0.15, 0.2) is 0 Å². The minimum atomic E-state index is -4.38. The minimum absolute atomic E-state index is 0. The van der Waals surface area contributed by atoms with Crippen molar-refractivity contribution in [3.05, 3.63) is 118 Å². The largest absolute Gasteiger partial charge is 0.416 e. The van der Waals surface area contributed by atoms with Crippen molar-refractivity contribution >= 4 is 23.7 Å². The maximum Gasteiger partial charge on any atom is 0.416 e. The van der Waals surface area contributed by atoms with E-state index < -0.39 is 17.8 Å². The van der Waals surface area contributed by atoms with Gasteiger partial charge in [-0.2, -0.15) is 18.4 Å². The second-order valence-electron chi connectivity index (χ2n) is 9.07. The van der Waals surface area contributed by atoms with E-state index in [1.165, 1.54) is 23.5 Å². The van der Waals surface area contributed by atoms with Crippen LogP contribution in [0, 0.1) is 18.3 Å². The molecule has 0 bridgehead atoms. The van der Waals surface area contributed by atoms with E-state index >= 15 is 0 Å². The van der Waals surface area contributed by atoms with Crippen LogP contribution in [-0.4, -0.2) is 14.5 Å². The summed E-state index contributed by atoms with van der Waals surface area (Å²) in [6.45, 7) is 2.18. The second kappa shape index (κ2) is 12.0. The summed E-state index contributed by atoms with van der Waals surface area (Å²) >= 11 is 1.34. The van der Waals surface area contributed by atoms with Gasteiger partial charge in [-0.25, -0.2) is 9.97 Å². The van der Waals surface area contributed by atoms with Crippen molar-refractivity contribution in [1.29, 1.82) is 5.26 Å². The molecule has 5 aromatic rings. The first-order valence-corrected chi connectivity index (χ1v) is 12.9. The van der Waals surface area contributed by atoms with Crippen LogP contribution in [0.25, 0.3) is 21.7 Å². The average Bonchev–Trinajstić information content (AvgIpc) is 3.58. The SMILES string of the molecule is Cc1ccccc1-c1cc(C(OCc2csc(-c3ccc(C(F)(F)F)cc3)n2)c2cncn2C)ccc1C#N.Cl. The lowest BCUT2D eigenvalue weighted by Crippen LogP contribution is -2.11. The molecule has 0 aliphatic heterocycles. The van der Waals surface area contributed by atoms with Crippen molar-refractivity contribution in [3.8, 4) is 27.8 Å². The molecule has 0 fully saturated rings. The van der Waals surface area contributed by atoms with Gasteiger partial charge in [0, 0.05) is 23.6 Å². The van der Waals surface area contributed by atoms with Crippen LogP contribution in [0.5, 0.6) is 0 Å². The van der Waals surface area contributed by atoms with Gasteiger partial charge >= 0.3 is 6.18 Å². The molecule has 0 saturated heterocycles. The van der Waals surface area contributed by atoms with Gasteiger partial charge in [0.1, 0.15) is 11.1 Å². The van der Waals surface area contributed by atoms with Crippen molar-refractivity contribution in [2.45, 2.75) is 25.8 Å². The van der Waals surface area contributed by atoms with Crippen molar-refractivity contribution < 1.29 is 17.9 Å². The number of hydrogen-bond donors (Lipinski definition) is 0. The predicted molar refractivity (Wildman–Crippen MR) is 151 cm³/mol. The first kappa shape index (κ1) is 29.0. The Morgan fingerprint density at radius 2 is 1.80 bits per heavy atom. The number of aryl methyl sites for hydroxylation is 2. The van der Waals surface area contributed by atoms with Crippen LogP contribution in [0.1, 0.15) is 39.7 Å². The Balaban J connectivity index is 0.00000370. The van der Waals surface area contributed by atoms with Crippen LogP contribution in [0.3, 0.4) is 0 Å². The third-order valence-electron chi connectivity index (χ3n) is 6.43. The van der Waals surface area contributed by atoms with Crippen molar-refractivity contribution in [2.24, 2.45) is 7.05 Å². The van der Waals surface area contributed by atoms with Gasteiger partial charge in [-0.15, -0.1) is 23.7 Å². The molecule has 0 spiro atoms. The number of nitrogens with zero attached hydrogens (tertiary/aromatic N) is 4.